The quantitative estimate of drug-likeness (QED) is 0.327. The van der Waals surface area contributed by atoms with Crippen LogP contribution in [-0.2, 0) is 28.9 Å². The predicted molar refractivity (Wildman–Crippen MR) is 136 cm³/mol. The largest absolute Gasteiger partial charge is 0.494 e. The van der Waals surface area contributed by atoms with Gasteiger partial charge < -0.3 is 29.2 Å². The van der Waals surface area contributed by atoms with E-state index in [-0.39, 0.29) is 17.5 Å². The van der Waals surface area contributed by atoms with Crippen LogP contribution < -0.4 is 14.8 Å². The summed E-state index contributed by atoms with van der Waals surface area (Å²) in [5, 5.41) is 14.7. The Morgan fingerprint density at radius 2 is 1.81 bits per heavy atom. The fraction of sp³-hybridized carbons (Fsp3) is 0.346. The van der Waals surface area contributed by atoms with Gasteiger partial charge in [0.25, 0.3) is 0 Å². The van der Waals surface area contributed by atoms with Crippen LogP contribution in [0.2, 0.25) is 0 Å². The van der Waals surface area contributed by atoms with E-state index in [1.807, 2.05) is 22.8 Å². The molecule has 9 nitrogen and oxygen atoms in total. The average molecular weight is 512 g/mol. The number of thioether (sulfide) groups is 1. The Labute approximate surface area is 213 Å². The summed E-state index contributed by atoms with van der Waals surface area (Å²) in [7, 11) is 4.48. The number of hydrogen-bond acceptors (Lipinski definition) is 8. The van der Waals surface area contributed by atoms with E-state index in [0.29, 0.717) is 29.4 Å². The molecule has 36 heavy (non-hydrogen) atoms. The van der Waals surface area contributed by atoms with Crippen LogP contribution in [0.25, 0.3) is 0 Å². The lowest BCUT2D eigenvalue weighted by Gasteiger charge is -2.14. The van der Waals surface area contributed by atoms with Crippen molar-refractivity contribution in [1.29, 1.82) is 0 Å². The monoisotopic (exact) mass is 511 g/mol. The van der Waals surface area contributed by atoms with Crippen molar-refractivity contribution in [1.82, 2.24) is 9.55 Å². The number of hydrogen-bond donors (Lipinski definition) is 2. The van der Waals surface area contributed by atoms with E-state index in [4.69, 9.17) is 9.47 Å². The molecular formula is C26H29N3O6S. The molecule has 0 saturated heterocycles. The highest BCUT2D eigenvalue weighted by Crippen LogP contribution is 2.40. The van der Waals surface area contributed by atoms with Gasteiger partial charge in [-0.2, -0.15) is 0 Å². The van der Waals surface area contributed by atoms with Gasteiger partial charge in [-0.25, -0.2) is 9.78 Å². The molecule has 0 bridgehead atoms. The van der Waals surface area contributed by atoms with E-state index in [0.717, 1.165) is 47.4 Å². The third-order valence-corrected chi connectivity index (χ3v) is 7.22. The number of aromatic hydroxyl groups is 1. The van der Waals surface area contributed by atoms with Crippen LogP contribution in [-0.4, -0.2) is 53.6 Å². The number of pyridine rings is 1. The number of ether oxygens (including phenoxy) is 3. The number of methoxy groups -OCH3 is 3. The van der Waals surface area contributed by atoms with Gasteiger partial charge in [-0.1, -0.05) is 17.8 Å². The predicted octanol–water partition coefficient (Wildman–Crippen LogP) is 4.05. The molecule has 0 fully saturated rings. The molecule has 190 valence electrons. The van der Waals surface area contributed by atoms with E-state index in [9.17, 15) is 14.7 Å². The normalized spacial score (nSPS) is 12.5. The summed E-state index contributed by atoms with van der Waals surface area (Å²) < 4.78 is 17.3. The van der Waals surface area contributed by atoms with Gasteiger partial charge in [0.2, 0.25) is 5.91 Å². The Hall–Kier alpha value is -3.66. The molecule has 2 N–H and O–H groups in total. The number of aromatic nitrogens is 2. The maximum atomic E-state index is 12.7. The molecule has 0 radical (unpaired) electrons. The molecule has 4 rings (SSSR count). The fourth-order valence-electron chi connectivity index (χ4n) is 4.30. The lowest BCUT2D eigenvalue weighted by molar-refractivity contribution is -0.113. The number of fused-ring (bicyclic) bond motifs is 1. The van der Waals surface area contributed by atoms with E-state index in [2.05, 4.69) is 15.0 Å². The van der Waals surface area contributed by atoms with Crippen molar-refractivity contribution in [3.05, 3.63) is 58.8 Å². The summed E-state index contributed by atoms with van der Waals surface area (Å²) in [6.07, 6.45) is 5.11. The maximum absolute atomic E-state index is 12.7. The Kier molecular flexibility index (Phi) is 8.04. The highest BCUT2D eigenvalue weighted by molar-refractivity contribution is 8.00. The zero-order chi connectivity index (χ0) is 25.7. The summed E-state index contributed by atoms with van der Waals surface area (Å²) in [5.41, 5.74) is 3.32. The molecule has 0 spiro atoms. The first-order valence-corrected chi connectivity index (χ1v) is 12.5. The summed E-state index contributed by atoms with van der Waals surface area (Å²) in [5.74, 6) is 1.27. The number of benzene rings is 1. The molecule has 0 unspecified atom stereocenters. The lowest BCUT2D eigenvalue weighted by atomic mass is 9.95. The van der Waals surface area contributed by atoms with Crippen LogP contribution in [0, 0.1) is 0 Å². The number of carbonyl (C=O) groups excluding carboxylic acids is 2. The van der Waals surface area contributed by atoms with Gasteiger partial charge in [-0.15, -0.1) is 0 Å². The summed E-state index contributed by atoms with van der Waals surface area (Å²) >= 11 is 1.39. The minimum absolute atomic E-state index is 0.141. The lowest BCUT2D eigenvalue weighted by Crippen LogP contribution is -2.16. The summed E-state index contributed by atoms with van der Waals surface area (Å²) in [4.78, 5) is 28.4. The molecule has 1 amide bonds. The van der Waals surface area contributed by atoms with Crippen molar-refractivity contribution in [2.24, 2.45) is 0 Å². The van der Waals surface area contributed by atoms with Gasteiger partial charge in [-0.05, 0) is 61.1 Å². The first-order valence-electron chi connectivity index (χ1n) is 11.6. The number of anilines is 1. The zero-order valence-electron chi connectivity index (χ0n) is 20.5. The summed E-state index contributed by atoms with van der Waals surface area (Å²) in [6, 6.07) is 8.77. The van der Waals surface area contributed by atoms with Gasteiger partial charge in [0.1, 0.15) is 5.82 Å². The molecular weight excluding hydrogens is 482 g/mol. The second kappa shape index (κ2) is 11.4. The van der Waals surface area contributed by atoms with Crippen LogP contribution in [0.5, 0.6) is 17.4 Å². The third kappa shape index (κ3) is 5.43. The van der Waals surface area contributed by atoms with Crippen molar-refractivity contribution in [2.45, 2.75) is 37.3 Å². The molecule has 0 aliphatic heterocycles. The second-order valence-electron chi connectivity index (χ2n) is 8.33. The number of nitrogens with one attached hydrogen (secondary N) is 1. The number of amides is 1. The molecule has 1 aliphatic carbocycles. The molecule has 10 heteroatoms. The van der Waals surface area contributed by atoms with Gasteiger partial charge in [0.15, 0.2) is 17.4 Å². The smallest absolute Gasteiger partial charge is 0.339 e. The van der Waals surface area contributed by atoms with Crippen molar-refractivity contribution in [3.63, 3.8) is 0 Å². The summed E-state index contributed by atoms with van der Waals surface area (Å²) in [6.45, 7) is 0.430. The molecule has 2 aromatic heterocycles. The average Bonchev–Trinajstić information content (AvgIpc) is 3.17. The van der Waals surface area contributed by atoms with Crippen molar-refractivity contribution >= 4 is 29.5 Å². The molecule has 3 aromatic rings. The Morgan fingerprint density at radius 3 is 2.47 bits per heavy atom. The number of nitrogens with zero attached hydrogens (tertiary/aromatic N) is 2. The van der Waals surface area contributed by atoms with Gasteiger partial charge >= 0.3 is 5.97 Å². The van der Waals surface area contributed by atoms with E-state index >= 15 is 0 Å². The molecule has 0 atom stereocenters. The topological polar surface area (TPSA) is 112 Å². The SMILES string of the molecule is COC(=O)c1ccc(NC(=O)CSc2c3c(c(O)n2Cc2ccc(OC)c(OC)c2)CCCC3)nc1. The molecule has 1 aliphatic rings. The van der Waals surface area contributed by atoms with E-state index in [1.165, 1.54) is 25.1 Å². The van der Waals surface area contributed by atoms with Crippen LogP contribution in [0.3, 0.4) is 0 Å². The Morgan fingerprint density at radius 1 is 1.06 bits per heavy atom. The van der Waals surface area contributed by atoms with Crippen molar-refractivity contribution in [3.8, 4) is 17.4 Å². The fourth-order valence-corrected chi connectivity index (χ4v) is 5.35. The minimum Gasteiger partial charge on any atom is -0.494 e. The van der Waals surface area contributed by atoms with Crippen LogP contribution >= 0.6 is 11.8 Å². The molecule has 1 aromatic carbocycles. The van der Waals surface area contributed by atoms with Gasteiger partial charge in [0.05, 0.1) is 44.2 Å². The minimum atomic E-state index is -0.490. The second-order valence-corrected chi connectivity index (χ2v) is 9.29. The zero-order valence-corrected chi connectivity index (χ0v) is 21.3. The highest BCUT2D eigenvalue weighted by Gasteiger charge is 2.26. The molecule has 2 heterocycles. The third-order valence-electron chi connectivity index (χ3n) is 6.08. The Bertz CT molecular complexity index is 1260. The van der Waals surface area contributed by atoms with Gasteiger partial charge in [-0.3, -0.25) is 4.79 Å². The number of rotatable bonds is 9. The maximum Gasteiger partial charge on any atom is 0.339 e. The van der Waals surface area contributed by atoms with Crippen LogP contribution in [0.4, 0.5) is 5.82 Å². The van der Waals surface area contributed by atoms with Crippen LogP contribution in [0.15, 0.2) is 41.6 Å². The number of esters is 1. The number of carbonyl (C=O) groups is 2. The van der Waals surface area contributed by atoms with Crippen molar-refractivity contribution in [2.75, 3.05) is 32.4 Å². The van der Waals surface area contributed by atoms with E-state index in [1.54, 1.807) is 26.4 Å². The first-order chi connectivity index (χ1) is 17.4. The highest BCUT2D eigenvalue weighted by atomic mass is 32.2. The molecule has 0 saturated carbocycles. The van der Waals surface area contributed by atoms with Crippen molar-refractivity contribution < 1.29 is 28.9 Å². The Balaban J connectivity index is 1.52. The van der Waals surface area contributed by atoms with Gasteiger partial charge in [0, 0.05) is 11.8 Å². The van der Waals surface area contributed by atoms with Crippen LogP contribution in [0.1, 0.15) is 39.9 Å². The standard InChI is InChI=1S/C26H29N3O6S/c1-33-20-10-8-16(12-21(20)34-2)14-29-24(31)18-6-4-5-7-19(18)25(29)36-15-23(30)28-22-11-9-17(13-27-22)26(32)35-3/h8-13,31H,4-7,14-15H2,1-3H3,(H,27,28,30). The van der Waals surface area contributed by atoms with E-state index < -0.39 is 5.97 Å². The first kappa shape index (κ1) is 25.4.